The van der Waals surface area contributed by atoms with Crippen LogP contribution in [0.4, 0.5) is 10.1 Å². The van der Waals surface area contributed by atoms with Crippen molar-refractivity contribution in [1.82, 2.24) is 5.32 Å². The van der Waals surface area contributed by atoms with Crippen molar-refractivity contribution in [2.24, 2.45) is 0 Å². The summed E-state index contributed by atoms with van der Waals surface area (Å²) in [6.45, 7) is 8.54. The Morgan fingerprint density at radius 2 is 1.69 bits per heavy atom. The second kappa shape index (κ2) is 13.7. The van der Waals surface area contributed by atoms with Gasteiger partial charge in [0.25, 0.3) is 0 Å². The van der Waals surface area contributed by atoms with Crippen LogP contribution in [0.2, 0.25) is 0 Å². The molecule has 3 nitrogen and oxygen atoms in total. The van der Waals surface area contributed by atoms with E-state index in [-0.39, 0.29) is 5.82 Å². The molecule has 36 heavy (non-hydrogen) atoms. The van der Waals surface area contributed by atoms with E-state index in [0.717, 1.165) is 45.3 Å². The Labute approximate surface area is 213 Å². The van der Waals surface area contributed by atoms with E-state index in [1.54, 1.807) is 12.1 Å². The lowest BCUT2D eigenvalue weighted by Gasteiger charge is -2.15. The Bertz CT molecular complexity index is 1390. The smallest absolute Gasteiger partial charge is 0.159 e. The summed E-state index contributed by atoms with van der Waals surface area (Å²) in [5.41, 5.74) is 4.81. The molecule has 186 valence electrons. The number of furan rings is 1. The molecule has 4 rings (SSSR count). The molecule has 3 aromatic carbocycles. The molecule has 0 aliphatic heterocycles. The van der Waals surface area contributed by atoms with Gasteiger partial charge in [-0.25, -0.2) is 4.39 Å². The predicted octanol–water partition coefficient (Wildman–Crippen LogP) is 9.35. The fourth-order valence-corrected chi connectivity index (χ4v) is 3.85. The van der Waals surface area contributed by atoms with Crippen LogP contribution in [0.1, 0.15) is 45.2 Å². The van der Waals surface area contributed by atoms with Gasteiger partial charge in [0.05, 0.1) is 5.69 Å². The fourth-order valence-electron chi connectivity index (χ4n) is 3.85. The third kappa shape index (κ3) is 6.33. The molecule has 0 unspecified atom stereocenters. The average molecular weight is 483 g/mol. The number of hydrogen-bond donors (Lipinski definition) is 2. The highest BCUT2D eigenvalue weighted by Gasteiger charge is 2.15. The van der Waals surface area contributed by atoms with E-state index in [1.165, 1.54) is 6.07 Å². The van der Waals surface area contributed by atoms with E-state index in [2.05, 4.69) is 35.8 Å². The lowest BCUT2D eigenvalue weighted by atomic mass is 10.1. The maximum atomic E-state index is 14.6. The van der Waals surface area contributed by atoms with Crippen molar-refractivity contribution >= 4 is 33.3 Å². The molecule has 0 aliphatic rings. The fraction of sp³-hybridized carbons (Fsp3) is 0.188. The topological polar surface area (TPSA) is 37.2 Å². The van der Waals surface area contributed by atoms with Gasteiger partial charge in [-0.05, 0) is 55.3 Å². The molecule has 0 bridgehead atoms. The van der Waals surface area contributed by atoms with E-state index in [1.807, 2.05) is 87.7 Å². The van der Waals surface area contributed by atoms with Crippen LogP contribution in [0.15, 0.2) is 108 Å². The number of halogens is 1. The van der Waals surface area contributed by atoms with E-state index in [0.29, 0.717) is 12.1 Å². The monoisotopic (exact) mass is 482 g/mol. The summed E-state index contributed by atoms with van der Waals surface area (Å²) in [5.74, 6) is -0.258. The molecule has 4 aromatic rings. The first-order valence-electron chi connectivity index (χ1n) is 12.6. The van der Waals surface area contributed by atoms with Gasteiger partial charge in [0.1, 0.15) is 11.4 Å². The molecule has 4 heteroatoms. The molecule has 2 N–H and O–H groups in total. The van der Waals surface area contributed by atoms with Crippen molar-refractivity contribution in [2.75, 3.05) is 5.32 Å². The first-order chi connectivity index (χ1) is 17.7. The third-order valence-corrected chi connectivity index (χ3v) is 5.53. The second-order valence-corrected chi connectivity index (χ2v) is 7.85. The first kappa shape index (κ1) is 26.6. The summed E-state index contributed by atoms with van der Waals surface area (Å²) in [5, 5.41) is 8.98. The molecule has 0 saturated carbocycles. The minimum Gasteiger partial charge on any atom is -0.454 e. The molecule has 0 radical (unpaired) electrons. The first-order valence-corrected chi connectivity index (χ1v) is 12.6. The Kier molecular flexibility index (Phi) is 10.1. The number of benzene rings is 3. The van der Waals surface area contributed by atoms with Crippen LogP contribution in [-0.4, -0.2) is 0 Å². The van der Waals surface area contributed by atoms with Gasteiger partial charge in [-0.15, -0.1) is 0 Å². The van der Waals surface area contributed by atoms with Gasteiger partial charge in [0.15, 0.2) is 5.58 Å². The minimum absolute atomic E-state index is 0.258. The highest BCUT2D eigenvalue weighted by Crippen LogP contribution is 2.36. The van der Waals surface area contributed by atoms with E-state index >= 15 is 0 Å². The molecule has 0 aliphatic carbocycles. The molecule has 0 spiro atoms. The third-order valence-electron chi connectivity index (χ3n) is 5.53. The van der Waals surface area contributed by atoms with Crippen molar-refractivity contribution < 1.29 is 8.81 Å². The number of rotatable bonds is 9. The van der Waals surface area contributed by atoms with Crippen LogP contribution in [-0.2, 0) is 6.54 Å². The van der Waals surface area contributed by atoms with Gasteiger partial charge >= 0.3 is 0 Å². The van der Waals surface area contributed by atoms with Gasteiger partial charge in [-0.3, -0.25) is 0 Å². The normalized spacial score (nSPS) is 12.1. The highest BCUT2D eigenvalue weighted by atomic mass is 19.1. The highest BCUT2D eigenvalue weighted by molar-refractivity contribution is 6.09. The van der Waals surface area contributed by atoms with Crippen LogP contribution in [0.5, 0.6) is 0 Å². The van der Waals surface area contributed by atoms with Gasteiger partial charge in [0.2, 0.25) is 0 Å². The van der Waals surface area contributed by atoms with Crippen LogP contribution in [0.3, 0.4) is 0 Å². The van der Waals surface area contributed by atoms with Crippen LogP contribution in [0.25, 0.3) is 27.6 Å². The number of anilines is 1. The van der Waals surface area contributed by atoms with E-state index < -0.39 is 0 Å². The molecule has 0 fully saturated rings. The lowest BCUT2D eigenvalue weighted by Crippen LogP contribution is -2.14. The number of fused-ring (bicyclic) bond motifs is 3. The number of nitrogens with one attached hydrogen (secondary N) is 2. The summed E-state index contributed by atoms with van der Waals surface area (Å²) in [6.07, 6.45) is 14.6. The molecule has 1 aromatic heterocycles. The SMILES string of the molecule is C/C=C\C=C/Nc1c(CN/C(=C\C=C/CC)c2ccccc2F)ccc2c1oc1ccccc12.CC. The van der Waals surface area contributed by atoms with E-state index in [9.17, 15) is 4.39 Å². The molecule has 1 heterocycles. The van der Waals surface area contributed by atoms with Crippen molar-refractivity contribution in [3.05, 3.63) is 120 Å². The zero-order chi connectivity index (χ0) is 25.8. The van der Waals surface area contributed by atoms with Crippen LogP contribution >= 0.6 is 0 Å². The number of para-hydroxylation sites is 1. The zero-order valence-electron chi connectivity index (χ0n) is 21.5. The molecule has 0 amide bonds. The summed E-state index contributed by atoms with van der Waals surface area (Å²) in [4.78, 5) is 0. The Morgan fingerprint density at radius 3 is 2.47 bits per heavy atom. The van der Waals surface area contributed by atoms with Crippen molar-refractivity contribution in [2.45, 2.75) is 40.7 Å². The molecular formula is C32H35FN2O. The lowest BCUT2D eigenvalue weighted by molar-refractivity contribution is 0.621. The summed E-state index contributed by atoms with van der Waals surface area (Å²) >= 11 is 0. The van der Waals surface area contributed by atoms with Crippen molar-refractivity contribution in [3.63, 3.8) is 0 Å². The molecule has 0 saturated heterocycles. The molecule has 0 atom stereocenters. The Hall–Kier alpha value is -4.05. The predicted molar refractivity (Wildman–Crippen MR) is 153 cm³/mol. The van der Waals surface area contributed by atoms with Gasteiger partial charge in [-0.1, -0.05) is 81.5 Å². The number of hydrogen-bond acceptors (Lipinski definition) is 3. The van der Waals surface area contributed by atoms with Gasteiger partial charge < -0.3 is 15.1 Å². The zero-order valence-corrected chi connectivity index (χ0v) is 21.5. The minimum atomic E-state index is -0.258. The summed E-state index contributed by atoms with van der Waals surface area (Å²) in [6, 6.07) is 19.0. The largest absolute Gasteiger partial charge is 0.454 e. The maximum absolute atomic E-state index is 14.6. The van der Waals surface area contributed by atoms with Crippen molar-refractivity contribution in [3.8, 4) is 0 Å². The number of allylic oxidation sites excluding steroid dienone is 6. The second-order valence-electron chi connectivity index (χ2n) is 7.85. The van der Waals surface area contributed by atoms with Gasteiger partial charge in [0, 0.05) is 34.8 Å². The average Bonchev–Trinajstić information content (AvgIpc) is 3.30. The maximum Gasteiger partial charge on any atom is 0.159 e. The van der Waals surface area contributed by atoms with E-state index in [4.69, 9.17) is 4.42 Å². The van der Waals surface area contributed by atoms with Crippen LogP contribution < -0.4 is 10.6 Å². The Balaban J connectivity index is 0.00000176. The van der Waals surface area contributed by atoms with Crippen molar-refractivity contribution in [1.29, 1.82) is 0 Å². The quantitative estimate of drug-likeness (QED) is 0.233. The Morgan fingerprint density at radius 1 is 0.917 bits per heavy atom. The molecular weight excluding hydrogens is 447 g/mol. The standard InChI is InChI=1S/C30H29FN2O.C2H6/c1-3-5-7-16-27(25-14-8-10-15-26(25)31)33-21-22-18-19-24-23-13-9-11-17-28(23)34-30(24)29(22)32-20-12-6-4-2;1-2/h4-20,32-33H,3,21H2,1-2H3;1-2H3/b6-4-,7-5-,20-12-,27-16-;. The van der Waals surface area contributed by atoms with Crippen LogP contribution in [0, 0.1) is 5.82 Å². The summed E-state index contributed by atoms with van der Waals surface area (Å²) in [7, 11) is 0. The summed E-state index contributed by atoms with van der Waals surface area (Å²) < 4.78 is 20.8. The van der Waals surface area contributed by atoms with Gasteiger partial charge in [-0.2, -0.15) is 0 Å².